The number of benzene rings is 4. The molecule has 0 N–H and O–H groups in total. The number of nitrogens with zero attached hydrogens (tertiary/aromatic N) is 1. The van der Waals surface area contributed by atoms with Gasteiger partial charge in [-0.2, -0.15) is 0 Å². The Hall–Kier alpha value is -3.06. The lowest BCUT2D eigenvalue weighted by Gasteiger charge is -2.14. The fourth-order valence-corrected chi connectivity index (χ4v) is 5.75. The summed E-state index contributed by atoms with van der Waals surface area (Å²) in [6.07, 6.45) is 1.69. The largest absolute Gasteiger partial charge is 0.486 e. The molecule has 0 unspecified atom stereocenters. The number of carbonyl (C=O) groups is 2. The molecule has 4 nitrogen and oxygen atoms in total. The molecule has 1 saturated heterocycles. The first kappa shape index (κ1) is 23.7. The van der Waals surface area contributed by atoms with Gasteiger partial charge in [0, 0.05) is 0 Å². The molecular weight excluding hydrogens is 546 g/mol. The van der Waals surface area contributed by atoms with Gasteiger partial charge in [0.05, 0.1) is 20.9 Å². The molecule has 0 atom stereocenters. The van der Waals surface area contributed by atoms with Crippen LogP contribution in [0.3, 0.4) is 0 Å². The summed E-state index contributed by atoms with van der Waals surface area (Å²) >= 11 is 10.9. The van der Waals surface area contributed by atoms with Crippen molar-refractivity contribution in [3.05, 3.63) is 116 Å². The zero-order chi connectivity index (χ0) is 24.4. The Labute approximate surface area is 220 Å². The van der Waals surface area contributed by atoms with Gasteiger partial charge in [-0.1, -0.05) is 84.4 Å². The van der Waals surface area contributed by atoms with E-state index in [0.29, 0.717) is 32.3 Å². The number of fused-ring (bicyclic) bond motifs is 1. The summed E-state index contributed by atoms with van der Waals surface area (Å²) in [6, 6.07) is 27.2. The molecule has 1 aliphatic heterocycles. The molecule has 4 aromatic rings. The van der Waals surface area contributed by atoms with Crippen molar-refractivity contribution in [1.29, 1.82) is 0 Å². The summed E-state index contributed by atoms with van der Waals surface area (Å²) in [5.41, 5.74) is 2.65. The van der Waals surface area contributed by atoms with E-state index in [4.69, 9.17) is 16.3 Å². The Balaban J connectivity index is 1.35. The van der Waals surface area contributed by atoms with Crippen molar-refractivity contribution in [2.45, 2.75) is 13.2 Å². The standard InChI is InChI=1S/C28H19BrClNO3S/c29-23-13-19(14-24(30)26(23)34-17-18-7-2-1-3-8-18)15-25-27(32)31(28(33)35-25)16-21-11-6-10-20-9-4-5-12-22(20)21/h1-15H,16-17H2/b25-15+. The van der Waals surface area contributed by atoms with Crippen LogP contribution in [0.15, 0.2) is 94.3 Å². The number of rotatable bonds is 6. The summed E-state index contributed by atoms with van der Waals surface area (Å²) in [7, 11) is 0. The van der Waals surface area contributed by atoms with Gasteiger partial charge in [0.1, 0.15) is 6.61 Å². The molecule has 0 bridgehead atoms. The first-order valence-electron chi connectivity index (χ1n) is 10.9. The smallest absolute Gasteiger partial charge is 0.293 e. The zero-order valence-electron chi connectivity index (χ0n) is 18.4. The monoisotopic (exact) mass is 563 g/mol. The molecule has 174 valence electrons. The number of ether oxygens (including phenoxy) is 1. The molecule has 1 fully saturated rings. The van der Waals surface area contributed by atoms with Crippen LogP contribution in [0.2, 0.25) is 5.02 Å². The van der Waals surface area contributed by atoms with Crippen LogP contribution in [0.1, 0.15) is 16.7 Å². The number of carbonyl (C=O) groups excluding carboxylic acids is 2. The highest BCUT2D eigenvalue weighted by Crippen LogP contribution is 2.38. The molecule has 5 rings (SSSR count). The molecule has 0 spiro atoms. The van der Waals surface area contributed by atoms with Gasteiger partial charge in [-0.15, -0.1) is 0 Å². The van der Waals surface area contributed by atoms with Crippen LogP contribution in [-0.4, -0.2) is 16.0 Å². The minimum atomic E-state index is -0.315. The van der Waals surface area contributed by atoms with Gasteiger partial charge in [-0.3, -0.25) is 14.5 Å². The van der Waals surface area contributed by atoms with E-state index < -0.39 is 0 Å². The molecule has 0 aliphatic carbocycles. The maximum atomic E-state index is 13.1. The Morgan fingerprint density at radius 1 is 0.943 bits per heavy atom. The molecule has 4 aromatic carbocycles. The fourth-order valence-electron chi connectivity index (χ4n) is 3.92. The molecule has 0 radical (unpaired) electrons. The molecule has 35 heavy (non-hydrogen) atoms. The van der Waals surface area contributed by atoms with Crippen molar-refractivity contribution < 1.29 is 14.3 Å². The third-order valence-electron chi connectivity index (χ3n) is 5.63. The van der Waals surface area contributed by atoms with Gasteiger partial charge in [0.25, 0.3) is 11.1 Å². The van der Waals surface area contributed by atoms with E-state index >= 15 is 0 Å². The number of thioether (sulfide) groups is 1. The minimum Gasteiger partial charge on any atom is -0.486 e. The lowest BCUT2D eigenvalue weighted by Crippen LogP contribution is -2.27. The van der Waals surface area contributed by atoms with E-state index in [1.54, 1.807) is 12.1 Å². The van der Waals surface area contributed by atoms with E-state index in [1.807, 2.05) is 78.9 Å². The van der Waals surface area contributed by atoms with E-state index in [2.05, 4.69) is 15.9 Å². The average molecular weight is 565 g/mol. The molecule has 7 heteroatoms. The van der Waals surface area contributed by atoms with Gasteiger partial charge in [0.2, 0.25) is 0 Å². The maximum absolute atomic E-state index is 13.1. The maximum Gasteiger partial charge on any atom is 0.293 e. The van der Waals surface area contributed by atoms with Crippen LogP contribution >= 0.6 is 39.3 Å². The van der Waals surface area contributed by atoms with Crippen molar-refractivity contribution >= 4 is 67.3 Å². The van der Waals surface area contributed by atoms with E-state index in [9.17, 15) is 9.59 Å². The van der Waals surface area contributed by atoms with Gasteiger partial charge in [-0.05, 0) is 73.4 Å². The van der Waals surface area contributed by atoms with Gasteiger partial charge in [-0.25, -0.2) is 0 Å². The second-order valence-corrected chi connectivity index (χ2v) is 10.2. The second kappa shape index (κ2) is 10.3. The fraction of sp³-hybridized carbons (Fsp3) is 0.0714. The Morgan fingerprint density at radius 2 is 1.69 bits per heavy atom. The molecule has 1 aliphatic rings. The summed E-state index contributed by atoms with van der Waals surface area (Å²) in [5.74, 6) is 0.210. The highest BCUT2D eigenvalue weighted by atomic mass is 79.9. The van der Waals surface area contributed by atoms with Crippen molar-refractivity contribution in [2.24, 2.45) is 0 Å². The molecule has 0 saturated carbocycles. The lowest BCUT2D eigenvalue weighted by molar-refractivity contribution is -0.123. The van der Waals surface area contributed by atoms with Crippen molar-refractivity contribution in [3.63, 3.8) is 0 Å². The summed E-state index contributed by atoms with van der Waals surface area (Å²) in [6.45, 7) is 0.603. The van der Waals surface area contributed by atoms with E-state index in [0.717, 1.165) is 33.7 Å². The van der Waals surface area contributed by atoms with Crippen molar-refractivity contribution in [2.75, 3.05) is 0 Å². The summed E-state index contributed by atoms with van der Waals surface area (Å²) in [4.78, 5) is 27.5. The third-order valence-corrected chi connectivity index (χ3v) is 7.40. The second-order valence-electron chi connectivity index (χ2n) is 7.99. The SMILES string of the molecule is O=C1S/C(=C/c2cc(Cl)c(OCc3ccccc3)c(Br)c2)C(=O)N1Cc1cccc2ccccc12. The van der Waals surface area contributed by atoms with E-state index in [1.165, 1.54) is 4.90 Å². The van der Waals surface area contributed by atoms with Crippen LogP contribution < -0.4 is 4.74 Å². The number of halogens is 2. The van der Waals surface area contributed by atoms with Gasteiger partial charge in [0.15, 0.2) is 5.75 Å². The quantitative estimate of drug-likeness (QED) is 0.222. The topological polar surface area (TPSA) is 46.6 Å². The number of hydrogen-bond donors (Lipinski definition) is 0. The first-order chi connectivity index (χ1) is 17.0. The van der Waals surface area contributed by atoms with E-state index in [-0.39, 0.29) is 17.7 Å². The predicted molar refractivity (Wildman–Crippen MR) is 145 cm³/mol. The van der Waals surface area contributed by atoms with Gasteiger partial charge >= 0.3 is 0 Å². The van der Waals surface area contributed by atoms with Crippen molar-refractivity contribution in [1.82, 2.24) is 4.90 Å². The Morgan fingerprint density at radius 3 is 2.49 bits per heavy atom. The van der Waals surface area contributed by atoms with Crippen LogP contribution in [-0.2, 0) is 17.9 Å². The van der Waals surface area contributed by atoms with Crippen LogP contribution in [0.4, 0.5) is 4.79 Å². The Bertz CT molecular complexity index is 1440. The molecule has 2 amide bonds. The number of imide groups is 1. The van der Waals surface area contributed by atoms with Crippen LogP contribution in [0, 0.1) is 0 Å². The minimum absolute atomic E-state index is 0.222. The average Bonchev–Trinajstić information content (AvgIpc) is 3.11. The predicted octanol–water partition coefficient (Wildman–Crippen LogP) is 8.07. The summed E-state index contributed by atoms with van der Waals surface area (Å²) < 4.78 is 6.57. The molecule has 0 aromatic heterocycles. The Kier molecular flexibility index (Phi) is 6.95. The highest BCUT2D eigenvalue weighted by Gasteiger charge is 2.35. The lowest BCUT2D eigenvalue weighted by atomic mass is 10.0. The zero-order valence-corrected chi connectivity index (χ0v) is 21.6. The normalized spacial score (nSPS) is 14.8. The molecular formula is C28H19BrClNO3S. The first-order valence-corrected chi connectivity index (χ1v) is 12.9. The van der Waals surface area contributed by atoms with Crippen LogP contribution in [0.25, 0.3) is 16.8 Å². The summed E-state index contributed by atoms with van der Waals surface area (Å²) in [5, 5.41) is 2.22. The van der Waals surface area contributed by atoms with Crippen LogP contribution in [0.5, 0.6) is 5.75 Å². The van der Waals surface area contributed by atoms with Gasteiger partial charge < -0.3 is 4.74 Å². The molecule has 1 heterocycles. The highest BCUT2D eigenvalue weighted by molar-refractivity contribution is 9.10. The number of amides is 2. The van der Waals surface area contributed by atoms with Crippen molar-refractivity contribution in [3.8, 4) is 5.75 Å². The third kappa shape index (κ3) is 5.15. The number of hydrogen-bond acceptors (Lipinski definition) is 4.